The van der Waals surface area contributed by atoms with Crippen LogP contribution in [-0.2, 0) is 16.0 Å². The van der Waals surface area contributed by atoms with Gasteiger partial charge in [0.2, 0.25) is 0 Å². The van der Waals surface area contributed by atoms with Crippen molar-refractivity contribution in [2.45, 2.75) is 44.4 Å². The van der Waals surface area contributed by atoms with Crippen molar-refractivity contribution < 1.29 is 14.6 Å². The van der Waals surface area contributed by atoms with Crippen LogP contribution < -0.4 is 0 Å². The molecule has 1 aromatic rings. The van der Waals surface area contributed by atoms with Crippen LogP contribution in [0.5, 0.6) is 0 Å². The first-order valence-electron chi connectivity index (χ1n) is 7.38. The summed E-state index contributed by atoms with van der Waals surface area (Å²) in [6.45, 7) is 3.57. The van der Waals surface area contributed by atoms with Crippen molar-refractivity contribution in [2.24, 2.45) is 0 Å². The van der Waals surface area contributed by atoms with Gasteiger partial charge in [-0.25, -0.2) is 0 Å². The molecular weight excluding hydrogens is 254 g/mol. The third kappa shape index (κ3) is 2.34. The second kappa shape index (κ2) is 5.54. The Kier molecular flexibility index (Phi) is 3.76. The molecule has 108 valence electrons. The Hall–Kier alpha value is -1.39. The quantitative estimate of drug-likeness (QED) is 0.915. The SMILES string of the molecule is CCOC1CC(N2CCc3ccccc3C2C(=O)O)C1. The number of hydrogen-bond donors (Lipinski definition) is 1. The maximum Gasteiger partial charge on any atom is 0.325 e. The average Bonchev–Trinajstić information content (AvgIpc) is 2.41. The molecule has 0 spiro atoms. The smallest absolute Gasteiger partial charge is 0.325 e. The highest BCUT2D eigenvalue weighted by molar-refractivity contribution is 5.76. The molecule has 1 aromatic carbocycles. The number of ether oxygens (including phenoxy) is 1. The molecule has 3 rings (SSSR count). The minimum absolute atomic E-state index is 0.316. The summed E-state index contributed by atoms with van der Waals surface area (Å²) in [5, 5.41) is 9.62. The van der Waals surface area contributed by atoms with Crippen LogP contribution in [0.25, 0.3) is 0 Å². The maximum atomic E-state index is 11.7. The van der Waals surface area contributed by atoms with Crippen LogP contribution in [-0.4, -0.2) is 41.3 Å². The van der Waals surface area contributed by atoms with E-state index in [4.69, 9.17) is 4.74 Å². The van der Waals surface area contributed by atoms with Gasteiger partial charge in [0.15, 0.2) is 0 Å². The van der Waals surface area contributed by atoms with Gasteiger partial charge in [-0.2, -0.15) is 0 Å². The fraction of sp³-hybridized carbons (Fsp3) is 0.562. The molecule has 2 aliphatic rings. The number of aliphatic carboxylic acids is 1. The van der Waals surface area contributed by atoms with Gasteiger partial charge >= 0.3 is 5.97 Å². The van der Waals surface area contributed by atoms with Crippen molar-refractivity contribution in [2.75, 3.05) is 13.2 Å². The van der Waals surface area contributed by atoms with E-state index in [2.05, 4.69) is 4.90 Å². The van der Waals surface area contributed by atoms with Crippen LogP contribution >= 0.6 is 0 Å². The van der Waals surface area contributed by atoms with Gasteiger partial charge in [0.1, 0.15) is 6.04 Å². The van der Waals surface area contributed by atoms with Crippen LogP contribution in [0.1, 0.15) is 36.9 Å². The van der Waals surface area contributed by atoms with Crippen molar-refractivity contribution in [1.82, 2.24) is 4.90 Å². The van der Waals surface area contributed by atoms with Crippen LogP contribution in [0.4, 0.5) is 0 Å². The molecule has 20 heavy (non-hydrogen) atoms. The van der Waals surface area contributed by atoms with Crippen LogP contribution in [0.15, 0.2) is 24.3 Å². The minimum atomic E-state index is -0.739. The third-order valence-electron chi connectivity index (χ3n) is 4.50. The van der Waals surface area contributed by atoms with E-state index in [1.54, 1.807) is 0 Å². The van der Waals surface area contributed by atoms with E-state index in [-0.39, 0.29) is 0 Å². The lowest BCUT2D eigenvalue weighted by molar-refractivity contribution is -0.148. The standard InChI is InChI=1S/C16H21NO3/c1-2-20-13-9-12(10-13)17-8-7-11-5-3-4-6-14(11)15(17)16(18)19/h3-6,12-13,15H,2,7-10H2,1H3,(H,18,19). The topological polar surface area (TPSA) is 49.8 Å². The molecule has 0 saturated heterocycles. The first-order valence-corrected chi connectivity index (χ1v) is 7.38. The van der Waals surface area contributed by atoms with Gasteiger partial charge in [0, 0.05) is 19.2 Å². The molecule has 0 radical (unpaired) electrons. The summed E-state index contributed by atoms with van der Waals surface area (Å²) in [6, 6.07) is 7.78. The lowest BCUT2D eigenvalue weighted by atomic mass is 9.83. The molecule has 1 heterocycles. The van der Waals surface area contributed by atoms with Gasteiger partial charge in [0.05, 0.1) is 6.10 Å². The van der Waals surface area contributed by atoms with Gasteiger partial charge in [-0.05, 0) is 37.3 Å². The average molecular weight is 275 g/mol. The third-order valence-corrected chi connectivity index (χ3v) is 4.50. The zero-order valence-corrected chi connectivity index (χ0v) is 11.8. The van der Waals surface area contributed by atoms with Crippen molar-refractivity contribution >= 4 is 5.97 Å². The lowest BCUT2D eigenvalue weighted by Crippen LogP contribution is -2.53. The fourth-order valence-electron chi connectivity index (χ4n) is 3.43. The summed E-state index contributed by atoms with van der Waals surface area (Å²) in [5.74, 6) is -0.739. The number of fused-ring (bicyclic) bond motifs is 1. The summed E-state index contributed by atoms with van der Waals surface area (Å²) < 4.78 is 5.59. The van der Waals surface area contributed by atoms with E-state index in [0.29, 0.717) is 12.1 Å². The summed E-state index contributed by atoms with van der Waals surface area (Å²) in [6.07, 6.45) is 3.17. The predicted octanol–water partition coefficient (Wildman–Crippen LogP) is 2.24. The molecule has 1 atom stereocenters. The van der Waals surface area contributed by atoms with E-state index in [9.17, 15) is 9.90 Å². The van der Waals surface area contributed by atoms with Crippen LogP contribution in [0.2, 0.25) is 0 Å². The molecular formula is C16H21NO3. The van der Waals surface area contributed by atoms with Crippen molar-refractivity contribution in [3.63, 3.8) is 0 Å². The normalized spacial score (nSPS) is 29.6. The van der Waals surface area contributed by atoms with Crippen LogP contribution in [0, 0.1) is 0 Å². The summed E-state index contributed by atoms with van der Waals surface area (Å²) in [7, 11) is 0. The summed E-state index contributed by atoms with van der Waals surface area (Å²) >= 11 is 0. The molecule has 0 bridgehead atoms. The van der Waals surface area contributed by atoms with Gasteiger partial charge in [-0.3, -0.25) is 9.69 Å². The Morgan fingerprint density at radius 1 is 1.40 bits per heavy atom. The number of nitrogens with zero attached hydrogens (tertiary/aromatic N) is 1. The second-order valence-electron chi connectivity index (χ2n) is 5.63. The zero-order chi connectivity index (χ0) is 14.1. The summed E-state index contributed by atoms with van der Waals surface area (Å²) in [4.78, 5) is 13.9. The molecule has 1 aliphatic heterocycles. The van der Waals surface area contributed by atoms with E-state index < -0.39 is 12.0 Å². The minimum Gasteiger partial charge on any atom is -0.480 e. The monoisotopic (exact) mass is 275 g/mol. The van der Waals surface area contributed by atoms with E-state index in [1.165, 1.54) is 5.56 Å². The zero-order valence-electron chi connectivity index (χ0n) is 11.8. The van der Waals surface area contributed by atoms with Crippen molar-refractivity contribution in [3.8, 4) is 0 Å². The van der Waals surface area contributed by atoms with Crippen molar-refractivity contribution in [1.29, 1.82) is 0 Å². The Morgan fingerprint density at radius 3 is 2.85 bits per heavy atom. The molecule has 4 nitrogen and oxygen atoms in total. The van der Waals surface area contributed by atoms with Gasteiger partial charge in [0.25, 0.3) is 0 Å². The number of hydrogen-bond acceptors (Lipinski definition) is 3. The van der Waals surface area contributed by atoms with E-state index in [1.807, 2.05) is 31.2 Å². The van der Waals surface area contributed by atoms with Gasteiger partial charge in [-0.15, -0.1) is 0 Å². The summed E-state index contributed by atoms with van der Waals surface area (Å²) in [5.41, 5.74) is 2.14. The van der Waals surface area contributed by atoms with Crippen molar-refractivity contribution in [3.05, 3.63) is 35.4 Å². The number of benzene rings is 1. The predicted molar refractivity (Wildman–Crippen MR) is 75.7 cm³/mol. The highest BCUT2D eigenvalue weighted by Gasteiger charge is 2.42. The first-order chi connectivity index (χ1) is 9.70. The Bertz CT molecular complexity index is 496. The number of carbonyl (C=O) groups is 1. The Morgan fingerprint density at radius 2 is 2.15 bits per heavy atom. The Labute approximate surface area is 119 Å². The molecule has 1 fully saturated rings. The number of carboxylic acid groups (broad SMARTS) is 1. The largest absolute Gasteiger partial charge is 0.480 e. The highest BCUT2D eigenvalue weighted by Crippen LogP contribution is 2.38. The highest BCUT2D eigenvalue weighted by atomic mass is 16.5. The number of carboxylic acids is 1. The molecule has 4 heteroatoms. The molecule has 1 aliphatic carbocycles. The van der Waals surface area contributed by atoms with Gasteiger partial charge in [-0.1, -0.05) is 24.3 Å². The lowest BCUT2D eigenvalue weighted by Gasteiger charge is -2.47. The molecule has 1 unspecified atom stereocenters. The second-order valence-corrected chi connectivity index (χ2v) is 5.63. The molecule has 1 N–H and O–H groups in total. The van der Waals surface area contributed by atoms with E-state index >= 15 is 0 Å². The number of rotatable bonds is 4. The maximum absolute atomic E-state index is 11.7. The van der Waals surface area contributed by atoms with Gasteiger partial charge < -0.3 is 9.84 Å². The molecule has 1 saturated carbocycles. The first kappa shape index (κ1) is 13.6. The van der Waals surface area contributed by atoms with E-state index in [0.717, 1.165) is 38.0 Å². The fourth-order valence-corrected chi connectivity index (χ4v) is 3.43. The molecule has 0 amide bonds. The Balaban J connectivity index is 1.78. The molecule has 0 aromatic heterocycles. The van der Waals surface area contributed by atoms with Crippen LogP contribution in [0.3, 0.4) is 0 Å².